The van der Waals surface area contributed by atoms with Crippen molar-refractivity contribution in [2.45, 2.75) is 17.7 Å². The summed E-state index contributed by atoms with van der Waals surface area (Å²) in [6, 6.07) is 13.2. The van der Waals surface area contributed by atoms with Gasteiger partial charge in [-0.25, -0.2) is 13.8 Å². The molecule has 2 heterocycles. The molecule has 0 bridgehead atoms. The van der Waals surface area contributed by atoms with Crippen molar-refractivity contribution in [1.29, 1.82) is 0 Å². The molecular formula is C21H20F2N4OS2. The van der Waals surface area contributed by atoms with Gasteiger partial charge in [0.15, 0.2) is 0 Å². The molecule has 0 saturated carbocycles. The van der Waals surface area contributed by atoms with Gasteiger partial charge in [-0.2, -0.15) is 10.1 Å². The molecule has 1 aromatic heterocycles. The van der Waals surface area contributed by atoms with E-state index in [2.05, 4.69) is 4.98 Å². The molecule has 156 valence electrons. The Labute approximate surface area is 181 Å². The van der Waals surface area contributed by atoms with Gasteiger partial charge in [-0.05, 0) is 43.1 Å². The van der Waals surface area contributed by atoms with Gasteiger partial charge in [-0.1, -0.05) is 53.4 Å². The zero-order chi connectivity index (χ0) is 21.1. The van der Waals surface area contributed by atoms with Gasteiger partial charge in [0.05, 0.1) is 12.5 Å². The molecule has 5 nitrogen and oxygen atoms in total. The second-order valence-electron chi connectivity index (χ2n) is 6.66. The smallest absolute Gasteiger partial charge is 0.226 e. The molecule has 0 saturated heterocycles. The number of ether oxygens (including phenoxy) is 1. The van der Waals surface area contributed by atoms with Crippen molar-refractivity contribution in [3.63, 3.8) is 0 Å². The monoisotopic (exact) mass is 446 g/mol. The Morgan fingerprint density at radius 3 is 2.67 bits per heavy atom. The minimum Gasteiger partial charge on any atom is -0.480 e. The molecule has 2 N–H and O–H groups in total. The Kier molecular flexibility index (Phi) is 6.03. The van der Waals surface area contributed by atoms with Crippen molar-refractivity contribution in [2.24, 2.45) is 10.8 Å². The van der Waals surface area contributed by atoms with Crippen LogP contribution in [0.4, 0.5) is 13.9 Å². The summed E-state index contributed by atoms with van der Waals surface area (Å²) in [6.07, 6.45) is 1.36. The zero-order valence-corrected chi connectivity index (χ0v) is 17.9. The predicted octanol–water partition coefficient (Wildman–Crippen LogP) is 4.94. The number of hydrazone groups is 1. The lowest BCUT2D eigenvalue weighted by Gasteiger charge is -2.35. The van der Waals surface area contributed by atoms with Crippen LogP contribution in [0.25, 0.3) is 0 Å². The molecule has 1 aliphatic heterocycles. The number of rotatable bonds is 7. The number of halogens is 2. The molecule has 4 rings (SSSR count). The van der Waals surface area contributed by atoms with E-state index < -0.39 is 16.5 Å². The van der Waals surface area contributed by atoms with Crippen LogP contribution < -0.4 is 15.5 Å². The van der Waals surface area contributed by atoms with Crippen LogP contribution in [0.1, 0.15) is 24.0 Å². The molecule has 0 fully saturated rings. The summed E-state index contributed by atoms with van der Waals surface area (Å²) >= 11 is 2.76. The summed E-state index contributed by atoms with van der Waals surface area (Å²) in [6.45, 7) is 0.494. The van der Waals surface area contributed by atoms with Crippen molar-refractivity contribution in [3.8, 4) is 5.88 Å². The van der Waals surface area contributed by atoms with E-state index in [4.69, 9.17) is 15.6 Å². The third-order valence-corrected chi connectivity index (χ3v) is 7.00. The number of anilines is 1. The Balaban J connectivity index is 1.87. The number of nitrogens with two attached hydrogens (primary N) is 1. The molecule has 1 aliphatic rings. The van der Waals surface area contributed by atoms with E-state index >= 15 is 0 Å². The molecule has 1 unspecified atom stereocenters. The summed E-state index contributed by atoms with van der Waals surface area (Å²) in [5.74, 6) is -0.570. The van der Waals surface area contributed by atoms with Crippen LogP contribution in [0.2, 0.25) is 0 Å². The maximum Gasteiger partial charge on any atom is 0.226 e. The summed E-state index contributed by atoms with van der Waals surface area (Å²) in [4.78, 5) is 3.81. The highest BCUT2D eigenvalue weighted by Gasteiger charge is 2.47. The number of aromatic nitrogens is 1. The van der Waals surface area contributed by atoms with Crippen LogP contribution >= 0.6 is 23.1 Å². The first-order valence-electron chi connectivity index (χ1n) is 9.36. The maximum atomic E-state index is 14.6. The van der Waals surface area contributed by atoms with E-state index in [1.54, 1.807) is 17.5 Å². The van der Waals surface area contributed by atoms with Gasteiger partial charge in [0.1, 0.15) is 21.5 Å². The van der Waals surface area contributed by atoms with E-state index in [0.29, 0.717) is 29.0 Å². The number of thioether (sulfide) groups is 1. The molecule has 3 aromatic rings. The normalized spacial score (nSPS) is 18.5. The molecule has 0 amide bonds. The third-order valence-electron chi connectivity index (χ3n) is 4.76. The molecule has 0 radical (unpaired) electrons. The second kappa shape index (κ2) is 8.71. The van der Waals surface area contributed by atoms with Gasteiger partial charge in [0.25, 0.3) is 0 Å². The van der Waals surface area contributed by atoms with E-state index in [1.165, 1.54) is 29.2 Å². The highest BCUT2D eigenvalue weighted by atomic mass is 32.2. The number of hydrogen-bond donors (Lipinski definition) is 1. The number of hydrogen-bond acceptors (Lipinski definition) is 7. The molecule has 0 spiro atoms. The minimum atomic E-state index is -0.697. The van der Waals surface area contributed by atoms with E-state index in [1.807, 2.05) is 30.3 Å². The minimum absolute atomic E-state index is 0.124. The van der Waals surface area contributed by atoms with Crippen molar-refractivity contribution < 1.29 is 13.5 Å². The third kappa shape index (κ3) is 3.80. The molecular weight excluding hydrogens is 426 g/mol. The SMILES string of the molecule is COc1csc(N2N=C(c3cc(F)ccc3F)SC2(CCCN)c2ccccc2)n1. The number of nitrogens with zero attached hydrogens (tertiary/aromatic N) is 3. The van der Waals surface area contributed by atoms with Crippen LogP contribution in [0, 0.1) is 11.6 Å². The van der Waals surface area contributed by atoms with E-state index in [-0.39, 0.29) is 5.56 Å². The van der Waals surface area contributed by atoms with Crippen LogP contribution in [0.5, 0.6) is 5.88 Å². The Morgan fingerprint density at radius 1 is 1.17 bits per heavy atom. The standard InChI is InChI=1S/C21H20F2N4OS2/c1-28-18-13-29-20(25-18)27-21(10-5-11-24,14-6-3-2-4-7-14)30-19(26-27)16-12-15(22)8-9-17(16)23/h2-4,6-9,12-13H,5,10-11,24H2,1H3. The van der Waals surface area contributed by atoms with E-state index in [0.717, 1.165) is 24.1 Å². The quantitative estimate of drug-likeness (QED) is 0.557. The first-order chi connectivity index (χ1) is 14.6. The van der Waals surface area contributed by atoms with Gasteiger partial charge in [0.2, 0.25) is 11.0 Å². The predicted molar refractivity (Wildman–Crippen MR) is 118 cm³/mol. The van der Waals surface area contributed by atoms with Crippen molar-refractivity contribution in [3.05, 3.63) is 76.7 Å². The van der Waals surface area contributed by atoms with Gasteiger partial charge in [-0.3, -0.25) is 0 Å². The first kappa shape index (κ1) is 20.8. The topological polar surface area (TPSA) is 63.7 Å². The Morgan fingerprint density at radius 2 is 1.97 bits per heavy atom. The lowest BCUT2D eigenvalue weighted by Crippen LogP contribution is -2.38. The largest absolute Gasteiger partial charge is 0.480 e. The summed E-state index contributed by atoms with van der Waals surface area (Å²) in [5.41, 5.74) is 6.94. The van der Waals surface area contributed by atoms with Crippen LogP contribution in [0.15, 0.2) is 59.0 Å². The van der Waals surface area contributed by atoms with Gasteiger partial charge < -0.3 is 10.5 Å². The summed E-state index contributed by atoms with van der Waals surface area (Å²) < 4.78 is 33.7. The number of benzene rings is 2. The van der Waals surface area contributed by atoms with Crippen molar-refractivity contribution in [2.75, 3.05) is 18.7 Å². The fourth-order valence-electron chi connectivity index (χ4n) is 3.33. The van der Waals surface area contributed by atoms with E-state index in [9.17, 15) is 8.78 Å². The summed E-state index contributed by atoms with van der Waals surface area (Å²) in [5, 5.41) is 9.29. The molecule has 9 heteroatoms. The summed E-state index contributed by atoms with van der Waals surface area (Å²) in [7, 11) is 1.55. The van der Waals surface area contributed by atoms with Crippen molar-refractivity contribution >= 4 is 33.3 Å². The zero-order valence-electron chi connectivity index (χ0n) is 16.2. The van der Waals surface area contributed by atoms with Crippen LogP contribution in [0.3, 0.4) is 0 Å². The highest BCUT2D eigenvalue weighted by Crippen LogP contribution is 2.53. The lowest BCUT2D eigenvalue weighted by molar-refractivity contribution is 0.400. The average Bonchev–Trinajstić information content (AvgIpc) is 3.40. The Hall–Kier alpha value is -2.49. The maximum absolute atomic E-state index is 14.6. The molecule has 0 aliphatic carbocycles. The highest BCUT2D eigenvalue weighted by molar-refractivity contribution is 8.15. The molecule has 30 heavy (non-hydrogen) atoms. The van der Waals surface area contributed by atoms with Crippen molar-refractivity contribution in [1.82, 2.24) is 4.98 Å². The van der Waals surface area contributed by atoms with Gasteiger partial charge >= 0.3 is 0 Å². The first-order valence-corrected chi connectivity index (χ1v) is 11.1. The Bertz CT molecular complexity index is 1060. The van der Waals surface area contributed by atoms with Gasteiger partial charge in [-0.15, -0.1) is 0 Å². The number of thiazole rings is 1. The van der Waals surface area contributed by atoms with Crippen LogP contribution in [-0.4, -0.2) is 23.7 Å². The molecule has 1 atom stereocenters. The fraction of sp³-hybridized carbons (Fsp3) is 0.238. The fourth-order valence-corrected chi connectivity index (χ4v) is 5.60. The lowest BCUT2D eigenvalue weighted by atomic mass is 10.0. The molecule has 2 aromatic carbocycles. The number of methoxy groups -OCH3 is 1. The van der Waals surface area contributed by atoms with Gasteiger partial charge in [0, 0.05) is 5.56 Å². The van der Waals surface area contributed by atoms with Crippen LogP contribution in [-0.2, 0) is 4.87 Å². The second-order valence-corrected chi connectivity index (χ2v) is 8.76. The average molecular weight is 447 g/mol.